The molecule has 0 amide bonds. The molecule has 0 aromatic carbocycles. The largest absolute Gasteiger partial charge is 0.408 e. The van der Waals surface area contributed by atoms with E-state index >= 15 is 0 Å². The van der Waals surface area contributed by atoms with Gasteiger partial charge >= 0.3 is 6.18 Å². The Bertz CT molecular complexity index is 139. The average Bonchev–Trinajstić information content (AvgIpc) is 2.33. The third-order valence-corrected chi connectivity index (χ3v) is 2.04. The van der Waals surface area contributed by atoms with Crippen molar-refractivity contribution in [2.24, 2.45) is 0 Å². The Kier molecular flexibility index (Phi) is 2.11. The highest BCUT2D eigenvalue weighted by Gasteiger charge is 2.55. The normalized spacial score (nSPS) is 32.7. The summed E-state index contributed by atoms with van der Waals surface area (Å²) in [6, 6.07) is 0. The Morgan fingerprint density at radius 1 is 1.45 bits per heavy atom. The quantitative estimate of drug-likeness (QED) is 0.630. The number of halogens is 3. The van der Waals surface area contributed by atoms with Crippen LogP contribution in [0.5, 0.6) is 0 Å². The van der Waals surface area contributed by atoms with E-state index in [1.165, 1.54) is 7.05 Å². The molecule has 1 aliphatic rings. The fourth-order valence-corrected chi connectivity index (χ4v) is 1.13. The number of hydrogen-bond donors (Lipinski definition) is 1. The van der Waals surface area contributed by atoms with Crippen LogP contribution in [-0.2, 0) is 4.74 Å². The molecule has 2 nitrogen and oxygen atoms in total. The highest BCUT2D eigenvalue weighted by molar-refractivity contribution is 4.97. The van der Waals surface area contributed by atoms with Crippen molar-refractivity contribution in [1.82, 2.24) is 5.32 Å². The highest BCUT2D eigenvalue weighted by Crippen LogP contribution is 2.36. The molecule has 0 saturated carbocycles. The smallest absolute Gasteiger partial charge is 0.379 e. The molecule has 1 unspecified atom stereocenters. The van der Waals surface area contributed by atoms with Gasteiger partial charge in [-0.15, -0.1) is 0 Å². The maximum absolute atomic E-state index is 12.3. The summed E-state index contributed by atoms with van der Waals surface area (Å²) in [6.45, 7) is -0.0899. The van der Waals surface area contributed by atoms with Gasteiger partial charge in [-0.25, -0.2) is 0 Å². The minimum absolute atomic E-state index is 0.00694. The number of ether oxygens (including phenoxy) is 1. The van der Waals surface area contributed by atoms with Crippen molar-refractivity contribution in [3.05, 3.63) is 0 Å². The summed E-state index contributed by atoms with van der Waals surface area (Å²) < 4.78 is 41.5. The van der Waals surface area contributed by atoms with Gasteiger partial charge in [-0.3, -0.25) is 0 Å². The third-order valence-electron chi connectivity index (χ3n) is 2.04. The molecule has 11 heavy (non-hydrogen) atoms. The molecule has 0 aromatic heterocycles. The Balaban J connectivity index is 2.75. The van der Waals surface area contributed by atoms with E-state index in [1.807, 2.05) is 0 Å². The van der Waals surface area contributed by atoms with Gasteiger partial charge < -0.3 is 10.1 Å². The van der Waals surface area contributed by atoms with Gasteiger partial charge in [0.1, 0.15) is 5.54 Å². The third kappa shape index (κ3) is 1.35. The lowest BCUT2D eigenvalue weighted by Gasteiger charge is -2.29. The first kappa shape index (κ1) is 8.80. The second kappa shape index (κ2) is 2.64. The van der Waals surface area contributed by atoms with Crippen LogP contribution in [0.4, 0.5) is 13.2 Å². The first-order chi connectivity index (χ1) is 5.02. The van der Waals surface area contributed by atoms with Crippen LogP contribution in [0, 0.1) is 0 Å². The Hall–Kier alpha value is -0.290. The number of rotatable bonds is 1. The van der Waals surface area contributed by atoms with Gasteiger partial charge in [0.2, 0.25) is 0 Å². The second-order valence-corrected chi connectivity index (χ2v) is 2.63. The molecule has 1 saturated heterocycles. The van der Waals surface area contributed by atoms with Gasteiger partial charge in [-0.2, -0.15) is 13.2 Å². The van der Waals surface area contributed by atoms with Crippen LogP contribution in [0.2, 0.25) is 0 Å². The molecule has 1 N–H and O–H groups in total. The van der Waals surface area contributed by atoms with Crippen LogP contribution in [0.1, 0.15) is 6.42 Å². The SMILES string of the molecule is CNC1(C(F)(F)F)CCOC1. The molecule has 0 spiro atoms. The van der Waals surface area contributed by atoms with Crippen LogP contribution < -0.4 is 5.32 Å². The molecule has 0 radical (unpaired) electrons. The molecule has 1 heterocycles. The Morgan fingerprint density at radius 2 is 2.09 bits per heavy atom. The number of alkyl halides is 3. The standard InChI is InChI=1S/C6H10F3NO/c1-10-5(6(7,8)9)2-3-11-4-5/h10H,2-4H2,1H3. The van der Waals surface area contributed by atoms with Crippen LogP contribution in [0.25, 0.3) is 0 Å². The molecule has 1 fully saturated rings. The molecule has 1 rings (SSSR count). The van der Waals surface area contributed by atoms with E-state index in [0.29, 0.717) is 0 Å². The Morgan fingerprint density at radius 3 is 2.27 bits per heavy atom. The second-order valence-electron chi connectivity index (χ2n) is 2.63. The van der Waals surface area contributed by atoms with Crippen molar-refractivity contribution in [1.29, 1.82) is 0 Å². The van der Waals surface area contributed by atoms with Gasteiger partial charge in [-0.05, 0) is 7.05 Å². The summed E-state index contributed by atoms with van der Waals surface area (Å²) in [5.74, 6) is 0. The topological polar surface area (TPSA) is 21.3 Å². The zero-order chi connectivity index (χ0) is 8.54. The van der Waals surface area contributed by atoms with Crippen LogP contribution in [0.3, 0.4) is 0 Å². The van der Waals surface area contributed by atoms with Crippen LogP contribution in [0.15, 0.2) is 0 Å². The fourth-order valence-electron chi connectivity index (χ4n) is 1.13. The van der Waals surface area contributed by atoms with Gasteiger partial charge in [0.15, 0.2) is 0 Å². The van der Waals surface area contributed by atoms with Gasteiger partial charge in [0, 0.05) is 13.0 Å². The first-order valence-corrected chi connectivity index (χ1v) is 3.35. The zero-order valence-corrected chi connectivity index (χ0v) is 6.16. The van der Waals surface area contributed by atoms with E-state index in [4.69, 9.17) is 4.74 Å². The summed E-state index contributed by atoms with van der Waals surface area (Å²) >= 11 is 0. The van der Waals surface area contributed by atoms with E-state index < -0.39 is 11.7 Å². The molecular weight excluding hydrogens is 159 g/mol. The van der Waals surface area contributed by atoms with Crippen molar-refractivity contribution in [3.63, 3.8) is 0 Å². The van der Waals surface area contributed by atoms with E-state index in [-0.39, 0.29) is 19.6 Å². The summed E-state index contributed by atoms with van der Waals surface area (Å²) in [6.07, 6.45) is -4.20. The van der Waals surface area contributed by atoms with Crippen molar-refractivity contribution < 1.29 is 17.9 Å². The molecule has 5 heteroatoms. The predicted octanol–water partition coefficient (Wildman–Crippen LogP) is 0.927. The maximum Gasteiger partial charge on any atom is 0.408 e. The Labute approximate surface area is 62.7 Å². The summed E-state index contributed by atoms with van der Waals surface area (Å²) in [5.41, 5.74) is -1.80. The van der Waals surface area contributed by atoms with Crippen molar-refractivity contribution in [2.45, 2.75) is 18.1 Å². The van der Waals surface area contributed by atoms with E-state index in [0.717, 1.165) is 0 Å². The summed E-state index contributed by atoms with van der Waals surface area (Å²) in [4.78, 5) is 0. The lowest BCUT2D eigenvalue weighted by molar-refractivity contribution is -0.194. The predicted molar refractivity (Wildman–Crippen MR) is 33.3 cm³/mol. The number of hydrogen-bond acceptors (Lipinski definition) is 2. The van der Waals surface area contributed by atoms with E-state index in [1.54, 1.807) is 0 Å². The minimum Gasteiger partial charge on any atom is -0.379 e. The highest BCUT2D eigenvalue weighted by atomic mass is 19.4. The van der Waals surface area contributed by atoms with Crippen LogP contribution >= 0.6 is 0 Å². The first-order valence-electron chi connectivity index (χ1n) is 3.35. The lowest BCUT2D eigenvalue weighted by atomic mass is 9.99. The molecule has 0 aromatic rings. The average molecular weight is 169 g/mol. The van der Waals surface area contributed by atoms with Gasteiger partial charge in [0.25, 0.3) is 0 Å². The van der Waals surface area contributed by atoms with Crippen LogP contribution in [-0.4, -0.2) is 32.0 Å². The fraction of sp³-hybridized carbons (Fsp3) is 1.00. The molecule has 1 aliphatic heterocycles. The van der Waals surface area contributed by atoms with E-state index in [2.05, 4.69) is 5.32 Å². The molecular formula is C6H10F3NO. The summed E-state index contributed by atoms with van der Waals surface area (Å²) in [7, 11) is 1.31. The monoisotopic (exact) mass is 169 g/mol. The van der Waals surface area contributed by atoms with E-state index in [9.17, 15) is 13.2 Å². The molecule has 1 atom stereocenters. The van der Waals surface area contributed by atoms with Crippen molar-refractivity contribution in [2.75, 3.05) is 20.3 Å². The maximum atomic E-state index is 12.3. The van der Waals surface area contributed by atoms with Crippen molar-refractivity contribution >= 4 is 0 Å². The molecule has 0 aliphatic carbocycles. The molecule has 0 bridgehead atoms. The van der Waals surface area contributed by atoms with Crippen molar-refractivity contribution in [3.8, 4) is 0 Å². The zero-order valence-electron chi connectivity index (χ0n) is 6.16. The summed E-state index contributed by atoms with van der Waals surface area (Å²) in [5, 5.41) is 2.27. The number of likely N-dealkylation sites (N-methyl/N-ethyl adjacent to an activating group) is 1. The lowest BCUT2D eigenvalue weighted by Crippen LogP contribution is -2.55. The minimum atomic E-state index is -4.21. The number of nitrogens with one attached hydrogen (secondary N) is 1. The van der Waals surface area contributed by atoms with Gasteiger partial charge in [-0.1, -0.05) is 0 Å². The molecule has 66 valence electrons. The van der Waals surface area contributed by atoms with Gasteiger partial charge in [0.05, 0.1) is 6.61 Å².